The van der Waals surface area contributed by atoms with Gasteiger partial charge in [0.05, 0.1) is 17.3 Å². The molecule has 0 saturated heterocycles. The molecule has 1 aliphatic rings. The van der Waals surface area contributed by atoms with Crippen LogP contribution in [0.5, 0.6) is 0 Å². The first kappa shape index (κ1) is 22.7. The second-order valence-electron chi connectivity index (χ2n) is 9.38. The third-order valence-electron chi connectivity index (χ3n) is 5.80. The van der Waals surface area contributed by atoms with E-state index in [1.807, 2.05) is 61.5 Å². The molecule has 3 aromatic carbocycles. The van der Waals surface area contributed by atoms with Crippen molar-refractivity contribution in [3.63, 3.8) is 0 Å². The normalized spacial score (nSPS) is 16.1. The molecule has 33 heavy (non-hydrogen) atoms. The SMILES string of the molecule is Cc1ccc(NC(=O)C2=C(c3ccccc3)NC(=S)N[C@H]2c2ccc(C(C)(C)C)cc2)cc1. The lowest BCUT2D eigenvalue weighted by Gasteiger charge is -2.32. The minimum atomic E-state index is -0.381. The number of thiocarbonyl (C=S) groups is 1. The summed E-state index contributed by atoms with van der Waals surface area (Å²) in [5.41, 5.74) is 6.38. The van der Waals surface area contributed by atoms with Gasteiger partial charge in [-0.15, -0.1) is 0 Å². The molecule has 3 aromatic rings. The molecule has 0 saturated carbocycles. The van der Waals surface area contributed by atoms with Crippen LogP contribution in [0.1, 0.15) is 49.1 Å². The molecular formula is C28H29N3OS. The Morgan fingerprint density at radius 1 is 0.909 bits per heavy atom. The lowest BCUT2D eigenvalue weighted by atomic mass is 9.85. The Morgan fingerprint density at radius 3 is 2.15 bits per heavy atom. The van der Waals surface area contributed by atoms with E-state index in [0.29, 0.717) is 16.4 Å². The molecule has 0 aromatic heterocycles. The Morgan fingerprint density at radius 2 is 1.55 bits per heavy atom. The fourth-order valence-corrected chi connectivity index (χ4v) is 4.12. The molecule has 0 spiro atoms. The Labute approximate surface area is 201 Å². The Balaban J connectivity index is 1.80. The predicted molar refractivity (Wildman–Crippen MR) is 140 cm³/mol. The number of carbonyl (C=O) groups is 1. The van der Waals surface area contributed by atoms with Gasteiger partial charge in [-0.2, -0.15) is 0 Å². The van der Waals surface area contributed by atoms with Crippen molar-refractivity contribution in [1.29, 1.82) is 0 Å². The highest BCUT2D eigenvalue weighted by Crippen LogP contribution is 2.33. The Kier molecular flexibility index (Phi) is 6.34. The highest BCUT2D eigenvalue weighted by atomic mass is 32.1. The number of amides is 1. The summed E-state index contributed by atoms with van der Waals surface area (Å²) in [6.45, 7) is 8.59. The summed E-state index contributed by atoms with van der Waals surface area (Å²) in [5.74, 6) is -0.176. The van der Waals surface area contributed by atoms with Gasteiger partial charge in [-0.1, -0.05) is 93.1 Å². The highest BCUT2D eigenvalue weighted by molar-refractivity contribution is 7.80. The third kappa shape index (κ3) is 5.15. The van der Waals surface area contributed by atoms with Gasteiger partial charge in [-0.3, -0.25) is 4.79 Å². The molecule has 0 unspecified atom stereocenters. The van der Waals surface area contributed by atoms with Crippen molar-refractivity contribution >= 4 is 34.6 Å². The van der Waals surface area contributed by atoms with Gasteiger partial charge in [0.15, 0.2) is 5.11 Å². The summed E-state index contributed by atoms with van der Waals surface area (Å²) >= 11 is 5.54. The first-order chi connectivity index (χ1) is 15.7. The van der Waals surface area contributed by atoms with Gasteiger partial charge in [0.2, 0.25) is 0 Å². The molecule has 1 amide bonds. The molecule has 0 fully saturated rings. The van der Waals surface area contributed by atoms with Crippen LogP contribution in [0.4, 0.5) is 5.69 Å². The molecule has 1 atom stereocenters. The smallest absolute Gasteiger partial charge is 0.256 e. The van der Waals surface area contributed by atoms with Crippen LogP contribution < -0.4 is 16.0 Å². The lowest BCUT2D eigenvalue weighted by molar-refractivity contribution is -0.113. The Bertz CT molecular complexity index is 1190. The van der Waals surface area contributed by atoms with Crippen molar-refractivity contribution in [3.8, 4) is 0 Å². The van der Waals surface area contributed by atoms with Crippen LogP contribution in [0.2, 0.25) is 0 Å². The van der Waals surface area contributed by atoms with Gasteiger partial charge < -0.3 is 16.0 Å². The molecule has 0 radical (unpaired) electrons. The summed E-state index contributed by atoms with van der Waals surface area (Å²) in [4.78, 5) is 13.7. The zero-order valence-corrected chi connectivity index (χ0v) is 20.2. The largest absolute Gasteiger partial charge is 0.351 e. The van der Waals surface area contributed by atoms with E-state index in [2.05, 4.69) is 61.0 Å². The second-order valence-corrected chi connectivity index (χ2v) is 9.79. The highest BCUT2D eigenvalue weighted by Gasteiger charge is 2.32. The van der Waals surface area contributed by atoms with Crippen molar-refractivity contribution in [2.45, 2.75) is 39.2 Å². The van der Waals surface area contributed by atoms with Crippen molar-refractivity contribution < 1.29 is 4.79 Å². The number of benzene rings is 3. The molecule has 1 aliphatic heterocycles. The molecule has 1 heterocycles. The minimum Gasteiger partial charge on any atom is -0.351 e. The van der Waals surface area contributed by atoms with Gasteiger partial charge in [0, 0.05) is 5.69 Å². The van der Waals surface area contributed by atoms with Crippen LogP contribution in [-0.4, -0.2) is 11.0 Å². The minimum absolute atomic E-state index is 0.0477. The Hall–Kier alpha value is -3.44. The fourth-order valence-electron chi connectivity index (χ4n) is 3.90. The third-order valence-corrected chi connectivity index (χ3v) is 6.02. The molecule has 4 nitrogen and oxygen atoms in total. The topological polar surface area (TPSA) is 53.2 Å². The summed E-state index contributed by atoms with van der Waals surface area (Å²) in [6, 6.07) is 25.6. The van der Waals surface area contributed by atoms with Gasteiger partial charge >= 0.3 is 0 Å². The van der Waals surface area contributed by atoms with Gasteiger partial charge in [0.25, 0.3) is 5.91 Å². The number of carbonyl (C=O) groups excluding carboxylic acids is 1. The summed E-state index contributed by atoms with van der Waals surface area (Å²) in [6.07, 6.45) is 0. The molecular weight excluding hydrogens is 426 g/mol. The summed E-state index contributed by atoms with van der Waals surface area (Å²) in [5, 5.41) is 10.1. The number of aryl methyl sites for hydroxylation is 1. The van der Waals surface area contributed by atoms with Gasteiger partial charge in [-0.05, 0) is 53.4 Å². The average molecular weight is 456 g/mol. The fraction of sp³-hybridized carbons (Fsp3) is 0.214. The van der Waals surface area contributed by atoms with E-state index in [0.717, 1.165) is 22.4 Å². The monoisotopic (exact) mass is 455 g/mol. The van der Waals surface area contributed by atoms with Crippen LogP contribution in [0.25, 0.3) is 5.70 Å². The van der Waals surface area contributed by atoms with Crippen LogP contribution in [0, 0.1) is 6.92 Å². The first-order valence-corrected chi connectivity index (χ1v) is 11.5. The van der Waals surface area contributed by atoms with Gasteiger partial charge in [0.1, 0.15) is 0 Å². The lowest BCUT2D eigenvalue weighted by Crippen LogP contribution is -2.45. The van der Waals surface area contributed by atoms with E-state index < -0.39 is 0 Å². The zero-order valence-electron chi connectivity index (χ0n) is 19.4. The molecule has 0 bridgehead atoms. The van der Waals surface area contributed by atoms with E-state index in [1.54, 1.807) is 0 Å². The molecule has 3 N–H and O–H groups in total. The van der Waals surface area contributed by atoms with Crippen LogP contribution in [0.3, 0.4) is 0 Å². The van der Waals surface area contributed by atoms with Crippen molar-refractivity contribution in [3.05, 3.63) is 107 Å². The number of hydrogen-bond donors (Lipinski definition) is 3. The summed E-state index contributed by atoms with van der Waals surface area (Å²) < 4.78 is 0. The zero-order chi connectivity index (χ0) is 23.6. The van der Waals surface area contributed by atoms with E-state index in [-0.39, 0.29) is 17.4 Å². The number of hydrogen-bond acceptors (Lipinski definition) is 2. The van der Waals surface area contributed by atoms with E-state index in [1.165, 1.54) is 5.56 Å². The number of nitrogens with one attached hydrogen (secondary N) is 3. The number of anilines is 1. The maximum atomic E-state index is 13.7. The van der Waals surface area contributed by atoms with Crippen LogP contribution in [0.15, 0.2) is 84.4 Å². The van der Waals surface area contributed by atoms with Crippen LogP contribution in [-0.2, 0) is 10.2 Å². The quantitative estimate of drug-likeness (QED) is 0.431. The van der Waals surface area contributed by atoms with E-state index in [4.69, 9.17) is 12.2 Å². The number of rotatable bonds is 4. The second kappa shape index (κ2) is 9.20. The van der Waals surface area contributed by atoms with Crippen molar-refractivity contribution in [2.24, 2.45) is 0 Å². The van der Waals surface area contributed by atoms with Crippen molar-refractivity contribution in [2.75, 3.05) is 5.32 Å². The maximum absolute atomic E-state index is 13.7. The predicted octanol–water partition coefficient (Wildman–Crippen LogP) is 5.86. The van der Waals surface area contributed by atoms with E-state index in [9.17, 15) is 4.79 Å². The van der Waals surface area contributed by atoms with Crippen LogP contribution >= 0.6 is 12.2 Å². The first-order valence-electron chi connectivity index (χ1n) is 11.1. The summed E-state index contributed by atoms with van der Waals surface area (Å²) in [7, 11) is 0. The molecule has 0 aliphatic carbocycles. The molecule has 4 rings (SSSR count). The maximum Gasteiger partial charge on any atom is 0.256 e. The van der Waals surface area contributed by atoms with Gasteiger partial charge in [-0.25, -0.2) is 0 Å². The average Bonchev–Trinajstić information content (AvgIpc) is 2.80. The van der Waals surface area contributed by atoms with Crippen molar-refractivity contribution in [1.82, 2.24) is 10.6 Å². The van der Waals surface area contributed by atoms with E-state index >= 15 is 0 Å². The molecule has 168 valence electrons. The standard InChI is InChI=1S/C28H29N3OS/c1-18-10-16-22(17-11-18)29-26(32)23-24(19-8-6-5-7-9-19)30-27(33)31-25(23)20-12-14-21(15-13-20)28(2,3)4/h5-17,25H,1-4H3,(H,29,32)(H2,30,31,33)/t25-/m0/s1. The molecule has 5 heteroatoms.